The molecule has 2 rings (SSSR count). The van der Waals surface area contributed by atoms with Gasteiger partial charge in [-0.05, 0) is 24.3 Å². The summed E-state index contributed by atoms with van der Waals surface area (Å²) in [5.74, 6) is 0. The highest BCUT2D eigenvalue weighted by atomic mass is 16.1. The first kappa shape index (κ1) is 11.8. The van der Waals surface area contributed by atoms with Gasteiger partial charge < -0.3 is 15.6 Å². The predicted octanol–water partition coefficient (Wildman–Crippen LogP) is 2.94. The second kappa shape index (κ2) is 7.06. The van der Waals surface area contributed by atoms with Crippen LogP contribution in [-0.4, -0.2) is 6.79 Å². The van der Waals surface area contributed by atoms with Crippen LogP contribution in [-0.2, 0) is 4.79 Å². The van der Waals surface area contributed by atoms with Gasteiger partial charge in [0.25, 0.3) is 0 Å². The molecule has 0 bridgehead atoms. The molecule has 2 aromatic rings. The second-order valence-electron chi connectivity index (χ2n) is 2.98. The number of hydrazine groups is 1. The van der Waals surface area contributed by atoms with Crippen molar-refractivity contribution in [3.63, 3.8) is 0 Å². The van der Waals surface area contributed by atoms with Gasteiger partial charge in [0.15, 0.2) is 0 Å². The zero-order valence-electron chi connectivity index (χ0n) is 8.89. The van der Waals surface area contributed by atoms with E-state index in [0.29, 0.717) is 0 Å². The molecular weight excluding hydrogens is 200 g/mol. The van der Waals surface area contributed by atoms with E-state index in [2.05, 4.69) is 10.9 Å². The van der Waals surface area contributed by atoms with Crippen molar-refractivity contribution in [2.75, 3.05) is 10.9 Å². The molecule has 16 heavy (non-hydrogen) atoms. The topological polar surface area (TPSA) is 41.1 Å². The van der Waals surface area contributed by atoms with Crippen molar-refractivity contribution in [3.8, 4) is 0 Å². The monoisotopic (exact) mass is 214 g/mol. The van der Waals surface area contributed by atoms with E-state index in [0.717, 1.165) is 11.4 Å². The molecule has 0 saturated heterocycles. The fraction of sp³-hybridized carbons (Fsp3) is 0. The van der Waals surface area contributed by atoms with Crippen LogP contribution < -0.4 is 10.9 Å². The number of benzene rings is 2. The summed E-state index contributed by atoms with van der Waals surface area (Å²) in [5.41, 5.74) is 8.33. The van der Waals surface area contributed by atoms with Gasteiger partial charge in [0.1, 0.15) is 6.79 Å². The molecule has 0 aromatic heterocycles. The van der Waals surface area contributed by atoms with Crippen molar-refractivity contribution >= 4 is 18.2 Å². The van der Waals surface area contributed by atoms with E-state index < -0.39 is 0 Å². The number of carbonyl (C=O) groups is 1. The summed E-state index contributed by atoms with van der Waals surface area (Å²) in [6.07, 6.45) is 0. The lowest BCUT2D eigenvalue weighted by Crippen LogP contribution is -2.07. The fourth-order valence-corrected chi connectivity index (χ4v) is 1.19. The molecule has 0 aliphatic rings. The molecule has 2 aromatic carbocycles. The maximum atomic E-state index is 8.00. The maximum absolute atomic E-state index is 8.00. The lowest BCUT2D eigenvalue weighted by atomic mass is 10.3. The average Bonchev–Trinajstić information content (AvgIpc) is 2.41. The van der Waals surface area contributed by atoms with Crippen molar-refractivity contribution in [2.24, 2.45) is 0 Å². The molecule has 3 nitrogen and oxygen atoms in total. The SMILES string of the molecule is C=O.c1ccc(NNc2ccccc2)cc1. The second-order valence-corrected chi connectivity index (χ2v) is 2.98. The van der Waals surface area contributed by atoms with Crippen LogP contribution in [0.1, 0.15) is 0 Å². The summed E-state index contributed by atoms with van der Waals surface area (Å²) in [6.45, 7) is 2.00. The minimum absolute atomic E-state index is 1.05. The van der Waals surface area contributed by atoms with Crippen molar-refractivity contribution in [3.05, 3.63) is 60.7 Å². The van der Waals surface area contributed by atoms with Crippen LogP contribution in [0.5, 0.6) is 0 Å². The van der Waals surface area contributed by atoms with Crippen LogP contribution in [0.4, 0.5) is 11.4 Å². The minimum atomic E-state index is 1.05. The molecule has 0 spiro atoms. The van der Waals surface area contributed by atoms with Crippen LogP contribution in [0.3, 0.4) is 0 Å². The van der Waals surface area contributed by atoms with Gasteiger partial charge in [0.2, 0.25) is 0 Å². The fourth-order valence-electron chi connectivity index (χ4n) is 1.19. The molecule has 0 amide bonds. The van der Waals surface area contributed by atoms with Gasteiger partial charge in [-0.15, -0.1) is 0 Å². The van der Waals surface area contributed by atoms with E-state index in [4.69, 9.17) is 4.79 Å². The number of carbonyl (C=O) groups excluding carboxylic acids is 1. The largest absolute Gasteiger partial charge is 0.307 e. The minimum Gasteiger partial charge on any atom is -0.307 e. The van der Waals surface area contributed by atoms with Gasteiger partial charge >= 0.3 is 0 Å². The lowest BCUT2D eigenvalue weighted by Gasteiger charge is -2.08. The standard InChI is InChI=1S/C12H12N2.CH2O/c1-3-7-11(8-4-1)13-14-12-9-5-2-6-10-12;1-2/h1-10,13-14H;1H2. The molecule has 3 heteroatoms. The van der Waals surface area contributed by atoms with Gasteiger partial charge in [-0.1, -0.05) is 36.4 Å². The quantitative estimate of drug-likeness (QED) is 0.772. The van der Waals surface area contributed by atoms with Crippen molar-refractivity contribution in [1.29, 1.82) is 0 Å². The molecule has 0 radical (unpaired) electrons. The van der Waals surface area contributed by atoms with E-state index >= 15 is 0 Å². The average molecular weight is 214 g/mol. The van der Waals surface area contributed by atoms with Crippen LogP contribution in [0.15, 0.2) is 60.7 Å². The van der Waals surface area contributed by atoms with E-state index in [9.17, 15) is 0 Å². The zero-order chi connectivity index (χ0) is 11.6. The van der Waals surface area contributed by atoms with Gasteiger partial charge in [-0.25, -0.2) is 0 Å². The third-order valence-electron chi connectivity index (χ3n) is 1.90. The van der Waals surface area contributed by atoms with Crippen molar-refractivity contribution in [1.82, 2.24) is 0 Å². The van der Waals surface area contributed by atoms with E-state index in [1.54, 1.807) is 0 Å². The number of anilines is 2. The van der Waals surface area contributed by atoms with E-state index in [1.165, 1.54) is 0 Å². The first-order valence-corrected chi connectivity index (χ1v) is 4.86. The number of para-hydroxylation sites is 2. The van der Waals surface area contributed by atoms with E-state index in [1.807, 2.05) is 67.5 Å². The molecule has 82 valence electrons. The number of rotatable bonds is 3. The van der Waals surface area contributed by atoms with Crippen molar-refractivity contribution < 1.29 is 4.79 Å². The third-order valence-corrected chi connectivity index (χ3v) is 1.90. The third kappa shape index (κ3) is 3.84. The van der Waals surface area contributed by atoms with Gasteiger partial charge in [-0.2, -0.15) is 0 Å². The molecule has 0 saturated carbocycles. The normalized spacial score (nSPS) is 8.50. The molecule has 0 aliphatic carbocycles. The van der Waals surface area contributed by atoms with Crippen LogP contribution in [0.2, 0.25) is 0 Å². The molecule has 0 heterocycles. The maximum Gasteiger partial charge on any atom is 0.106 e. The molecule has 0 atom stereocenters. The summed E-state index contributed by atoms with van der Waals surface area (Å²) in [4.78, 5) is 8.00. The van der Waals surface area contributed by atoms with Gasteiger partial charge in [0, 0.05) is 0 Å². The lowest BCUT2D eigenvalue weighted by molar-refractivity contribution is -0.0979. The smallest absolute Gasteiger partial charge is 0.106 e. The number of hydrogen-bond acceptors (Lipinski definition) is 3. The zero-order valence-corrected chi connectivity index (χ0v) is 8.89. The summed E-state index contributed by atoms with van der Waals surface area (Å²) in [7, 11) is 0. The summed E-state index contributed by atoms with van der Waals surface area (Å²) >= 11 is 0. The predicted molar refractivity (Wildman–Crippen MR) is 67.3 cm³/mol. The Hall–Kier alpha value is -2.29. The summed E-state index contributed by atoms with van der Waals surface area (Å²) in [5, 5.41) is 0. The first-order valence-electron chi connectivity index (χ1n) is 4.86. The van der Waals surface area contributed by atoms with Crippen LogP contribution in [0.25, 0.3) is 0 Å². The Bertz CT molecular complexity index is 350. The molecule has 0 aliphatic heterocycles. The summed E-state index contributed by atoms with van der Waals surface area (Å²) in [6, 6.07) is 20.0. The Morgan fingerprint density at radius 2 is 0.938 bits per heavy atom. The van der Waals surface area contributed by atoms with Crippen LogP contribution in [0, 0.1) is 0 Å². The Morgan fingerprint density at radius 3 is 1.25 bits per heavy atom. The van der Waals surface area contributed by atoms with Crippen molar-refractivity contribution in [2.45, 2.75) is 0 Å². The number of hydrogen-bond donors (Lipinski definition) is 2. The first-order chi connectivity index (χ1) is 7.95. The Morgan fingerprint density at radius 1 is 0.625 bits per heavy atom. The molecule has 0 fully saturated rings. The highest BCUT2D eigenvalue weighted by Gasteiger charge is 1.88. The highest BCUT2D eigenvalue weighted by molar-refractivity contribution is 5.51. The molecular formula is C13H14N2O. The Balaban J connectivity index is 0.000000606. The van der Waals surface area contributed by atoms with E-state index in [-0.39, 0.29) is 0 Å². The molecule has 0 unspecified atom stereocenters. The summed E-state index contributed by atoms with van der Waals surface area (Å²) < 4.78 is 0. The highest BCUT2D eigenvalue weighted by Crippen LogP contribution is 2.08. The molecule has 2 N–H and O–H groups in total. The van der Waals surface area contributed by atoms with Gasteiger partial charge in [0.05, 0.1) is 11.4 Å². The number of nitrogens with one attached hydrogen (secondary N) is 2. The Labute approximate surface area is 95.1 Å². The van der Waals surface area contributed by atoms with Crippen LogP contribution >= 0.6 is 0 Å². The Kier molecular flexibility index (Phi) is 5.20. The van der Waals surface area contributed by atoms with Gasteiger partial charge in [-0.3, -0.25) is 0 Å².